The Bertz CT molecular complexity index is 970. The number of hydrogen-bond donors (Lipinski definition) is 2. The quantitative estimate of drug-likeness (QED) is 0.742. The molecule has 2 aromatic carbocycles. The van der Waals surface area contributed by atoms with Gasteiger partial charge in [0.15, 0.2) is 17.2 Å². The van der Waals surface area contributed by atoms with Gasteiger partial charge in [0.05, 0.1) is 6.04 Å². The predicted octanol–water partition coefficient (Wildman–Crippen LogP) is 3.42. The van der Waals surface area contributed by atoms with Gasteiger partial charge in [-0.1, -0.05) is 42.5 Å². The van der Waals surface area contributed by atoms with Gasteiger partial charge in [-0.05, 0) is 18.6 Å². The number of furan rings is 1. The summed E-state index contributed by atoms with van der Waals surface area (Å²) < 4.78 is 19.6. The Balaban J connectivity index is 1.55. The number of aryl methyl sites for hydroxylation is 1. The molecule has 2 heterocycles. The van der Waals surface area contributed by atoms with E-state index in [1.54, 1.807) is 31.0 Å². The first-order valence-electron chi connectivity index (χ1n) is 9.02. The Morgan fingerprint density at radius 3 is 2.74 bits per heavy atom. The maximum atomic E-state index is 14.0. The molecule has 0 radical (unpaired) electrons. The van der Waals surface area contributed by atoms with Crippen LogP contribution >= 0.6 is 0 Å². The van der Waals surface area contributed by atoms with Crippen molar-refractivity contribution in [3.05, 3.63) is 71.2 Å². The Labute approximate surface area is 157 Å². The molecule has 1 aliphatic rings. The second-order valence-corrected chi connectivity index (χ2v) is 7.03. The van der Waals surface area contributed by atoms with Crippen molar-refractivity contribution >= 4 is 16.9 Å². The smallest absolute Gasteiger partial charge is 0.289 e. The Hall–Kier alpha value is -2.70. The van der Waals surface area contributed by atoms with Gasteiger partial charge in [-0.25, -0.2) is 9.82 Å². The molecule has 140 valence electrons. The topological polar surface area (TPSA) is 57.5 Å². The van der Waals surface area contributed by atoms with Crippen LogP contribution in [0.1, 0.15) is 27.7 Å². The molecular formula is C21H22FN3O2. The third-order valence-corrected chi connectivity index (χ3v) is 5.22. The molecule has 2 unspecified atom stereocenters. The Morgan fingerprint density at radius 2 is 2.00 bits per heavy atom. The molecule has 0 saturated carbocycles. The average Bonchev–Trinajstić information content (AvgIpc) is 3.27. The summed E-state index contributed by atoms with van der Waals surface area (Å²) in [5.74, 6) is -0.275. The monoisotopic (exact) mass is 367 g/mol. The summed E-state index contributed by atoms with van der Waals surface area (Å²) in [6.45, 7) is 3.10. The van der Waals surface area contributed by atoms with Crippen LogP contribution in [0.15, 0.2) is 52.9 Å². The number of para-hydroxylation sites is 1. The van der Waals surface area contributed by atoms with Gasteiger partial charge in [0, 0.05) is 37.0 Å². The minimum absolute atomic E-state index is 0.121. The molecule has 1 saturated heterocycles. The minimum Gasteiger partial charge on any atom is -0.448 e. The molecule has 1 amide bonds. The van der Waals surface area contributed by atoms with Crippen LogP contribution in [0.4, 0.5) is 4.39 Å². The molecule has 6 heteroatoms. The standard InChI is InChI=1S/C21H22FN3O2/c1-13-16-9-6-10-17(22)20(16)27-19(13)21(26)25(2)12-15-11-23-24-18(15)14-7-4-3-5-8-14/h3-10,15,18,23-24H,11-12H2,1-2H3. The lowest BCUT2D eigenvalue weighted by Gasteiger charge is -2.24. The molecule has 1 aromatic heterocycles. The summed E-state index contributed by atoms with van der Waals surface area (Å²) in [5.41, 5.74) is 8.45. The third kappa shape index (κ3) is 3.22. The first-order chi connectivity index (χ1) is 13.1. The van der Waals surface area contributed by atoms with E-state index < -0.39 is 5.82 Å². The fraction of sp³-hybridized carbons (Fsp3) is 0.286. The van der Waals surface area contributed by atoms with Crippen LogP contribution in [0.25, 0.3) is 11.0 Å². The predicted molar refractivity (Wildman–Crippen MR) is 102 cm³/mol. The third-order valence-electron chi connectivity index (χ3n) is 5.22. The minimum atomic E-state index is -0.453. The molecule has 1 fully saturated rings. The number of rotatable bonds is 4. The normalized spacial score (nSPS) is 19.5. The maximum absolute atomic E-state index is 14.0. The van der Waals surface area contributed by atoms with Crippen molar-refractivity contribution in [2.75, 3.05) is 20.1 Å². The van der Waals surface area contributed by atoms with Gasteiger partial charge in [-0.15, -0.1) is 0 Å². The summed E-state index contributed by atoms with van der Waals surface area (Å²) in [6, 6.07) is 15.0. The number of fused-ring (bicyclic) bond motifs is 1. The van der Waals surface area contributed by atoms with E-state index in [1.807, 2.05) is 18.2 Å². The van der Waals surface area contributed by atoms with Gasteiger partial charge >= 0.3 is 0 Å². The number of nitrogens with zero attached hydrogens (tertiary/aromatic N) is 1. The van der Waals surface area contributed by atoms with Crippen LogP contribution in [0, 0.1) is 18.7 Å². The number of amides is 1. The van der Waals surface area contributed by atoms with Gasteiger partial charge in [-0.2, -0.15) is 0 Å². The van der Waals surface area contributed by atoms with E-state index in [1.165, 1.54) is 11.6 Å². The lowest BCUT2D eigenvalue weighted by atomic mass is 9.94. The maximum Gasteiger partial charge on any atom is 0.289 e. The molecular weight excluding hydrogens is 345 g/mol. The first-order valence-corrected chi connectivity index (χ1v) is 9.02. The lowest BCUT2D eigenvalue weighted by molar-refractivity contribution is 0.0741. The molecule has 2 atom stereocenters. The largest absolute Gasteiger partial charge is 0.448 e. The highest BCUT2D eigenvalue weighted by Gasteiger charge is 2.31. The molecule has 0 spiro atoms. The van der Waals surface area contributed by atoms with E-state index in [0.717, 1.165) is 6.54 Å². The highest BCUT2D eigenvalue weighted by molar-refractivity contribution is 5.98. The van der Waals surface area contributed by atoms with Gasteiger partial charge in [-0.3, -0.25) is 10.2 Å². The number of carbonyl (C=O) groups excluding carboxylic acids is 1. The van der Waals surface area contributed by atoms with E-state index in [-0.39, 0.29) is 29.2 Å². The lowest BCUT2D eigenvalue weighted by Crippen LogP contribution is -2.34. The number of hydrazine groups is 1. The fourth-order valence-corrected chi connectivity index (χ4v) is 3.74. The zero-order valence-electron chi connectivity index (χ0n) is 15.3. The zero-order valence-corrected chi connectivity index (χ0v) is 15.3. The van der Waals surface area contributed by atoms with Crippen LogP contribution in [0.5, 0.6) is 0 Å². The fourth-order valence-electron chi connectivity index (χ4n) is 3.74. The average molecular weight is 367 g/mol. The summed E-state index contributed by atoms with van der Waals surface area (Å²) in [5, 5.41) is 0.637. The van der Waals surface area contributed by atoms with Crippen molar-refractivity contribution in [1.29, 1.82) is 0 Å². The van der Waals surface area contributed by atoms with Gasteiger partial charge in [0.1, 0.15) is 0 Å². The van der Waals surface area contributed by atoms with Crippen molar-refractivity contribution in [2.24, 2.45) is 5.92 Å². The number of benzene rings is 2. The van der Waals surface area contributed by atoms with Crippen molar-refractivity contribution in [3.63, 3.8) is 0 Å². The summed E-state index contributed by atoms with van der Waals surface area (Å²) >= 11 is 0. The number of hydrogen-bond acceptors (Lipinski definition) is 4. The highest BCUT2D eigenvalue weighted by Crippen LogP contribution is 2.29. The number of halogens is 1. The van der Waals surface area contributed by atoms with E-state index in [9.17, 15) is 9.18 Å². The molecule has 5 nitrogen and oxygen atoms in total. The van der Waals surface area contributed by atoms with Gasteiger partial charge in [0.25, 0.3) is 5.91 Å². The van der Waals surface area contributed by atoms with E-state index in [4.69, 9.17) is 4.42 Å². The Morgan fingerprint density at radius 1 is 1.22 bits per heavy atom. The van der Waals surface area contributed by atoms with Crippen LogP contribution in [0.3, 0.4) is 0 Å². The molecule has 0 aliphatic carbocycles. The highest BCUT2D eigenvalue weighted by atomic mass is 19.1. The Kier molecular flexibility index (Phi) is 4.68. The summed E-state index contributed by atoms with van der Waals surface area (Å²) in [7, 11) is 1.76. The number of carbonyl (C=O) groups is 1. The molecule has 1 aliphatic heterocycles. The molecule has 4 rings (SSSR count). The van der Waals surface area contributed by atoms with E-state index in [2.05, 4.69) is 23.0 Å². The zero-order chi connectivity index (χ0) is 19.0. The van der Waals surface area contributed by atoms with Crippen LogP contribution in [0.2, 0.25) is 0 Å². The van der Waals surface area contributed by atoms with Crippen molar-refractivity contribution in [2.45, 2.75) is 13.0 Å². The second-order valence-electron chi connectivity index (χ2n) is 7.03. The summed E-state index contributed by atoms with van der Waals surface area (Å²) in [6.07, 6.45) is 0. The first kappa shape index (κ1) is 17.7. The SMILES string of the molecule is Cc1c(C(=O)N(C)CC2CNNC2c2ccccc2)oc2c(F)cccc12. The molecule has 0 bridgehead atoms. The van der Waals surface area contributed by atoms with Crippen molar-refractivity contribution in [3.8, 4) is 0 Å². The number of nitrogens with one attached hydrogen (secondary N) is 2. The van der Waals surface area contributed by atoms with Crippen LogP contribution in [-0.2, 0) is 0 Å². The summed E-state index contributed by atoms with van der Waals surface area (Å²) in [4.78, 5) is 14.6. The van der Waals surface area contributed by atoms with Gasteiger partial charge < -0.3 is 9.32 Å². The molecule has 3 aromatic rings. The van der Waals surface area contributed by atoms with Crippen LogP contribution < -0.4 is 10.9 Å². The van der Waals surface area contributed by atoms with E-state index >= 15 is 0 Å². The van der Waals surface area contributed by atoms with E-state index in [0.29, 0.717) is 17.5 Å². The van der Waals surface area contributed by atoms with Gasteiger partial charge in [0.2, 0.25) is 0 Å². The second kappa shape index (κ2) is 7.13. The van der Waals surface area contributed by atoms with Crippen LogP contribution in [-0.4, -0.2) is 30.9 Å². The molecule has 2 N–H and O–H groups in total. The van der Waals surface area contributed by atoms with Crippen molar-refractivity contribution in [1.82, 2.24) is 15.8 Å². The van der Waals surface area contributed by atoms with Crippen molar-refractivity contribution < 1.29 is 13.6 Å². The molecule has 27 heavy (non-hydrogen) atoms.